The molecule has 3 aromatic rings. The number of hydrogen-bond acceptors (Lipinski definition) is 2. The summed E-state index contributed by atoms with van der Waals surface area (Å²) < 4.78 is 0. The molecule has 0 aliphatic rings. The maximum absolute atomic E-state index is 13.5. The van der Waals surface area contributed by atoms with Crippen LogP contribution < -0.4 is 5.32 Å². The first-order valence-corrected chi connectivity index (χ1v) is 11.2. The predicted molar refractivity (Wildman–Crippen MR) is 130 cm³/mol. The van der Waals surface area contributed by atoms with Crippen molar-refractivity contribution in [3.8, 4) is 0 Å². The van der Waals surface area contributed by atoms with E-state index in [1.165, 1.54) is 0 Å². The lowest BCUT2D eigenvalue weighted by atomic mass is 10.0. The minimum Gasteiger partial charge on any atom is -0.357 e. The van der Waals surface area contributed by atoms with Crippen LogP contribution in [0.2, 0.25) is 15.1 Å². The molecule has 4 nitrogen and oxygen atoms in total. The Labute approximate surface area is 203 Å². The van der Waals surface area contributed by atoms with Crippen molar-refractivity contribution in [1.29, 1.82) is 0 Å². The van der Waals surface area contributed by atoms with Crippen molar-refractivity contribution in [2.75, 3.05) is 7.05 Å². The highest BCUT2D eigenvalue weighted by Crippen LogP contribution is 2.23. The Balaban J connectivity index is 1.95. The number of carbonyl (C=O) groups excluding carboxylic acids is 2. The van der Waals surface area contributed by atoms with Gasteiger partial charge < -0.3 is 10.2 Å². The summed E-state index contributed by atoms with van der Waals surface area (Å²) in [5.74, 6) is -0.452. The van der Waals surface area contributed by atoms with Crippen LogP contribution in [0.5, 0.6) is 0 Å². The highest BCUT2D eigenvalue weighted by atomic mass is 35.5. The number of nitrogens with one attached hydrogen (secondary N) is 1. The second-order valence-electron chi connectivity index (χ2n) is 7.38. The van der Waals surface area contributed by atoms with E-state index in [4.69, 9.17) is 34.8 Å². The lowest BCUT2D eigenvalue weighted by Crippen LogP contribution is -2.50. The summed E-state index contributed by atoms with van der Waals surface area (Å²) in [7, 11) is 1.57. The van der Waals surface area contributed by atoms with Gasteiger partial charge in [0, 0.05) is 35.1 Å². The molecule has 0 heterocycles. The van der Waals surface area contributed by atoms with Gasteiger partial charge in [-0.1, -0.05) is 83.3 Å². The van der Waals surface area contributed by atoms with Crippen LogP contribution in [0.3, 0.4) is 0 Å². The van der Waals surface area contributed by atoms with Crippen LogP contribution in [-0.4, -0.2) is 29.8 Å². The van der Waals surface area contributed by atoms with Gasteiger partial charge in [-0.2, -0.15) is 0 Å². The summed E-state index contributed by atoms with van der Waals surface area (Å²) in [6, 6.07) is 21.2. The van der Waals surface area contributed by atoms with E-state index in [1.807, 2.05) is 42.5 Å². The van der Waals surface area contributed by atoms with E-state index in [2.05, 4.69) is 5.32 Å². The zero-order valence-electron chi connectivity index (χ0n) is 17.5. The van der Waals surface area contributed by atoms with Gasteiger partial charge in [-0.3, -0.25) is 9.59 Å². The molecule has 7 heteroatoms. The first-order chi connectivity index (χ1) is 15.4. The maximum atomic E-state index is 13.5. The van der Waals surface area contributed by atoms with Crippen molar-refractivity contribution >= 4 is 46.6 Å². The molecule has 1 N–H and O–H groups in total. The molecule has 0 aliphatic heterocycles. The molecule has 0 aromatic heterocycles. The highest BCUT2D eigenvalue weighted by molar-refractivity contribution is 6.35. The smallest absolute Gasteiger partial charge is 0.242 e. The molecule has 166 valence electrons. The fraction of sp³-hybridized carbons (Fsp3) is 0.200. The zero-order valence-corrected chi connectivity index (χ0v) is 19.8. The van der Waals surface area contributed by atoms with Gasteiger partial charge in [-0.15, -0.1) is 0 Å². The van der Waals surface area contributed by atoms with Crippen molar-refractivity contribution in [3.63, 3.8) is 0 Å². The number of rotatable bonds is 8. The Kier molecular flexibility index (Phi) is 8.57. The van der Waals surface area contributed by atoms with E-state index in [0.29, 0.717) is 27.1 Å². The van der Waals surface area contributed by atoms with E-state index in [1.54, 1.807) is 42.3 Å². The van der Waals surface area contributed by atoms with Crippen LogP contribution in [0.1, 0.15) is 16.7 Å². The van der Waals surface area contributed by atoms with Crippen molar-refractivity contribution in [2.24, 2.45) is 0 Å². The minimum atomic E-state index is -0.698. The summed E-state index contributed by atoms with van der Waals surface area (Å²) in [6.45, 7) is 0.256. The molecular weight excluding hydrogens is 467 g/mol. The van der Waals surface area contributed by atoms with Gasteiger partial charge >= 0.3 is 0 Å². The van der Waals surface area contributed by atoms with Gasteiger partial charge in [-0.05, 0) is 41.0 Å². The summed E-state index contributed by atoms with van der Waals surface area (Å²) >= 11 is 18.3. The van der Waals surface area contributed by atoms with E-state index < -0.39 is 6.04 Å². The first-order valence-electron chi connectivity index (χ1n) is 10.1. The third-order valence-electron chi connectivity index (χ3n) is 5.14. The molecule has 0 fully saturated rings. The quantitative estimate of drug-likeness (QED) is 0.449. The van der Waals surface area contributed by atoms with Crippen molar-refractivity contribution in [3.05, 3.63) is 105 Å². The molecule has 1 atom stereocenters. The van der Waals surface area contributed by atoms with Crippen LogP contribution in [0, 0.1) is 0 Å². The third-order valence-corrected chi connectivity index (χ3v) is 5.98. The predicted octanol–water partition coefficient (Wildman–Crippen LogP) is 5.58. The summed E-state index contributed by atoms with van der Waals surface area (Å²) in [5.41, 5.74) is 2.48. The van der Waals surface area contributed by atoms with E-state index in [-0.39, 0.29) is 24.8 Å². The van der Waals surface area contributed by atoms with Crippen LogP contribution in [0.4, 0.5) is 0 Å². The molecule has 0 saturated carbocycles. The molecule has 1 unspecified atom stereocenters. The second kappa shape index (κ2) is 11.4. The van der Waals surface area contributed by atoms with E-state index in [9.17, 15) is 9.59 Å². The van der Waals surface area contributed by atoms with Gasteiger partial charge in [0.1, 0.15) is 6.04 Å². The fourth-order valence-corrected chi connectivity index (χ4v) is 4.04. The maximum Gasteiger partial charge on any atom is 0.242 e. The zero-order chi connectivity index (χ0) is 23.1. The van der Waals surface area contributed by atoms with Gasteiger partial charge in [0.2, 0.25) is 11.8 Å². The molecule has 0 saturated heterocycles. The number of nitrogens with zero attached hydrogens (tertiary/aromatic N) is 1. The number of benzene rings is 3. The number of halogens is 3. The Hall–Kier alpha value is -2.53. The van der Waals surface area contributed by atoms with Crippen LogP contribution in [0.25, 0.3) is 0 Å². The third kappa shape index (κ3) is 6.49. The molecule has 0 radical (unpaired) electrons. The van der Waals surface area contributed by atoms with Crippen LogP contribution >= 0.6 is 34.8 Å². The normalized spacial score (nSPS) is 11.6. The Morgan fingerprint density at radius 1 is 0.875 bits per heavy atom. The summed E-state index contributed by atoms with van der Waals surface area (Å²) in [5, 5.41) is 4.21. The molecule has 2 amide bonds. The van der Waals surface area contributed by atoms with E-state index >= 15 is 0 Å². The number of likely N-dealkylation sites (N-methyl/N-ethyl adjacent to an activating group) is 1. The molecule has 3 rings (SSSR count). The van der Waals surface area contributed by atoms with Crippen LogP contribution in [0.15, 0.2) is 72.8 Å². The van der Waals surface area contributed by atoms with Gasteiger partial charge in [-0.25, -0.2) is 0 Å². The first kappa shape index (κ1) is 24.1. The Bertz CT molecular complexity index is 1070. The van der Waals surface area contributed by atoms with E-state index in [0.717, 1.165) is 11.1 Å². The molecule has 0 spiro atoms. The van der Waals surface area contributed by atoms with Crippen molar-refractivity contribution < 1.29 is 9.59 Å². The Morgan fingerprint density at radius 2 is 1.53 bits per heavy atom. The SMILES string of the molecule is CNC(=O)C(Cc1ccccc1)N(Cc1ccc(Cl)cc1)C(=O)Cc1ccc(Cl)cc1Cl. The molecule has 3 aromatic carbocycles. The lowest BCUT2D eigenvalue weighted by Gasteiger charge is -2.31. The lowest BCUT2D eigenvalue weighted by molar-refractivity contribution is -0.140. The molecular formula is C25H23Cl3N2O2. The largest absolute Gasteiger partial charge is 0.357 e. The molecule has 32 heavy (non-hydrogen) atoms. The van der Waals surface area contributed by atoms with Gasteiger partial charge in [0.15, 0.2) is 0 Å². The van der Waals surface area contributed by atoms with Crippen LogP contribution in [-0.2, 0) is 29.0 Å². The number of hydrogen-bond donors (Lipinski definition) is 1. The number of carbonyl (C=O) groups is 2. The average molecular weight is 490 g/mol. The monoisotopic (exact) mass is 488 g/mol. The number of amides is 2. The Morgan fingerprint density at radius 3 is 2.16 bits per heavy atom. The summed E-state index contributed by atoms with van der Waals surface area (Å²) in [6.07, 6.45) is 0.431. The molecule has 0 aliphatic carbocycles. The second-order valence-corrected chi connectivity index (χ2v) is 8.66. The highest BCUT2D eigenvalue weighted by Gasteiger charge is 2.30. The average Bonchev–Trinajstić information content (AvgIpc) is 2.79. The van der Waals surface area contributed by atoms with Gasteiger partial charge in [0.05, 0.1) is 6.42 Å². The topological polar surface area (TPSA) is 49.4 Å². The fourth-order valence-electron chi connectivity index (χ4n) is 3.44. The van der Waals surface area contributed by atoms with Gasteiger partial charge in [0.25, 0.3) is 0 Å². The van der Waals surface area contributed by atoms with Crippen molar-refractivity contribution in [1.82, 2.24) is 10.2 Å². The van der Waals surface area contributed by atoms with Crippen molar-refractivity contribution in [2.45, 2.75) is 25.4 Å². The minimum absolute atomic E-state index is 0.0475. The summed E-state index contributed by atoms with van der Waals surface area (Å²) in [4.78, 5) is 28.0. The molecule has 0 bridgehead atoms. The standard InChI is InChI=1S/C25H23Cl3N2O2/c1-29-25(32)23(13-17-5-3-2-4-6-17)30(16-18-7-10-20(26)11-8-18)24(31)14-19-9-12-21(27)15-22(19)28/h2-12,15,23H,13-14,16H2,1H3,(H,29,32).